The van der Waals surface area contributed by atoms with Crippen molar-refractivity contribution < 1.29 is 0 Å². The minimum absolute atomic E-state index is 0.605. The van der Waals surface area contributed by atoms with E-state index in [1.54, 1.807) is 10.9 Å². The highest BCUT2D eigenvalue weighted by atomic mass is 15.3. The second kappa shape index (κ2) is 3.66. The molecule has 0 bridgehead atoms. The summed E-state index contributed by atoms with van der Waals surface area (Å²) in [5, 5.41) is 4.18. The molecule has 0 aliphatic carbocycles. The predicted molar refractivity (Wildman–Crippen MR) is 56.4 cm³/mol. The van der Waals surface area contributed by atoms with E-state index in [0.29, 0.717) is 5.82 Å². The molecule has 0 amide bonds. The third-order valence-corrected chi connectivity index (χ3v) is 2.12. The highest BCUT2D eigenvalue weighted by Crippen LogP contribution is 2.15. The molecule has 2 rings (SSSR count). The van der Waals surface area contributed by atoms with E-state index in [-0.39, 0.29) is 0 Å². The standard InChI is InChI=1S/C9H12N6/c1-6-3-13-15(4-6)9-7(2)8(14-10)11-5-12-9/h3-5H,10H2,1-2H3,(H,11,12,14). The Morgan fingerprint density at radius 2 is 2.13 bits per heavy atom. The van der Waals surface area contributed by atoms with Crippen molar-refractivity contribution in [1.29, 1.82) is 0 Å². The summed E-state index contributed by atoms with van der Waals surface area (Å²) in [6.45, 7) is 3.86. The molecule has 0 fully saturated rings. The molecule has 0 saturated heterocycles. The quantitative estimate of drug-likeness (QED) is 0.552. The SMILES string of the molecule is Cc1cnn(-c2ncnc(NN)c2C)c1. The normalized spacial score (nSPS) is 10.3. The number of aromatic nitrogens is 4. The number of aryl methyl sites for hydroxylation is 1. The Bertz CT molecular complexity index is 475. The summed E-state index contributed by atoms with van der Waals surface area (Å²) in [4.78, 5) is 8.17. The van der Waals surface area contributed by atoms with Crippen molar-refractivity contribution in [2.45, 2.75) is 13.8 Å². The highest BCUT2D eigenvalue weighted by Gasteiger charge is 2.08. The molecule has 0 radical (unpaired) electrons. The first-order valence-electron chi connectivity index (χ1n) is 4.52. The molecular formula is C9H12N6. The highest BCUT2D eigenvalue weighted by molar-refractivity contribution is 5.49. The Morgan fingerprint density at radius 3 is 2.73 bits per heavy atom. The van der Waals surface area contributed by atoms with Crippen LogP contribution >= 0.6 is 0 Å². The maximum atomic E-state index is 5.33. The van der Waals surface area contributed by atoms with E-state index in [4.69, 9.17) is 5.84 Å². The molecule has 0 spiro atoms. The lowest BCUT2D eigenvalue weighted by Gasteiger charge is -2.07. The second-order valence-electron chi connectivity index (χ2n) is 3.28. The Hall–Kier alpha value is -1.95. The van der Waals surface area contributed by atoms with Crippen LogP contribution in [-0.4, -0.2) is 19.7 Å². The van der Waals surface area contributed by atoms with E-state index in [0.717, 1.165) is 16.9 Å². The van der Waals surface area contributed by atoms with Crippen molar-refractivity contribution in [1.82, 2.24) is 19.7 Å². The monoisotopic (exact) mass is 204 g/mol. The second-order valence-corrected chi connectivity index (χ2v) is 3.28. The number of nitrogens with one attached hydrogen (secondary N) is 1. The van der Waals surface area contributed by atoms with E-state index >= 15 is 0 Å². The third kappa shape index (κ3) is 1.66. The average Bonchev–Trinajstić information content (AvgIpc) is 2.65. The van der Waals surface area contributed by atoms with Gasteiger partial charge in [0.25, 0.3) is 0 Å². The molecule has 0 aromatic carbocycles. The van der Waals surface area contributed by atoms with Gasteiger partial charge in [0.15, 0.2) is 5.82 Å². The average molecular weight is 204 g/mol. The van der Waals surface area contributed by atoms with Crippen LogP contribution in [0.4, 0.5) is 5.82 Å². The summed E-state index contributed by atoms with van der Waals surface area (Å²) in [5.41, 5.74) is 4.46. The van der Waals surface area contributed by atoms with Crippen LogP contribution in [0.15, 0.2) is 18.7 Å². The number of hydrogen-bond acceptors (Lipinski definition) is 5. The number of hydrazine groups is 1. The van der Waals surface area contributed by atoms with Crippen LogP contribution in [-0.2, 0) is 0 Å². The molecule has 0 atom stereocenters. The zero-order valence-electron chi connectivity index (χ0n) is 8.60. The lowest BCUT2D eigenvalue weighted by Crippen LogP contribution is -2.12. The van der Waals surface area contributed by atoms with E-state index in [1.807, 2.05) is 20.0 Å². The molecule has 15 heavy (non-hydrogen) atoms. The van der Waals surface area contributed by atoms with Gasteiger partial charge in [0.05, 0.1) is 6.20 Å². The van der Waals surface area contributed by atoms with Gasteiger partial charge >= 0.3 is 0 Å². The number of anilines is 1. The van der Waals surface area contributed by atoms with E-state index in [1.165, 1.54) is 6.33 Å². The van der Waals surface area contributed by atoms with Crippen LogP contribution in [0.1, 0.15) is 11.1 Å². The van der Waals surface area contributed by atoms with E-state index in [2.05, 4.69) is 20.5 Å². The molecule has 78 valence electrons. The lowest BCUT2D eigenvalue weighted by atomic mass is 10.3. The molecule has 2 aromatic heterocycles. The summed E-state index contributed by atoms with van der Waals surface area (Å²) in [5.74, 6) is 6.67. The summed E-state index contributed by atoms with van der Waals surface area (Å²) < 4.78 is 1.70. The molecule has 6 nitrogen and oxygen atoms in total. The molecule has 0 unspecified atom stereocenters. The van der Waals surface area contributed by atoms with Crippen LogP contribution < -0.4 is 11.3 Å². The number of hydrogen-bond donors (Lipinski definition) is 2. The van der Waals surface area contributed by atoms with Crippen molar-refractivity contribution in [2.75, 3.05) is 5.43 Å². The Balaban J connectivity index is 2.53. The first kappa shape index (κ1) is 9.60. The number of rotatable bonds is 2. The zero-order valence-corrected chi connectivity index (χ0v) is 8.60. The largest absolute Gasteiger partial charge is 0.308 e. The van der Waals surface area contributed by atoms with Gasteiger partial charge in [0, 0.05) is 11.8 Å². The first-order valence-corrected chi connectivity index (χ1v) is 4.52. The molecule has 2 heterocycles. The number of nitrogens with zero attached hydrogens (tertiary/aromatic N) is 4. The van der Waals surface area contributed by atoms with Gasteiger partial charge in [-0.3, -0.25) is 0 Å². The summed E-state index contributed by atoms with van der Waals surface area (Å²) >= 11 is 0. The fraction of sp³-hybridized carbons (Fsp3) is 0.222. The van der Waals surface area contributed by atoms with Crippen molar-refractivity contribution in [3.05, 3.63) is 29.8 Å². The number of nitrogens with two attached hydrogens (primary N) is 1. The maximum Gasteiger partial charge on any atom is 0.161 e. The molecule has 6 heteroatoms. The van der Waals surface area contributed by atoms with E-state index < -0.39 is 0 Å². The fourth-order valence-corrected chi connectivity index (χ4v) is 1.35. The van der Waals surface area contributed by atoms with Crippen LogP contribution in [0.25, 0.3) is 5.82 Å². The van der Waals surface area contributed by atoms with Gasteiger partial charge in [-0.15, -0.1) is 0 Å². The van der Waals surface area contributed by atoms with Gasteiger partial charge in [-0.25, -0.2) is 20.5 Å². The topological polar surface area (TPSA) is 81.7 Å². The molecular weight excluding hydrogens is 192 g/mol. The van der Waals surface area contributed by atoms with Crippen LogP contribution in [0, 0.1) is 13.8 Å². The lowest BCUT2D eigenvalue weighted by molar-refractivity contribution is 0.829. The molecule has 0 aliphatic heterocycles. The smallest absolute Gasteiger partial charge is 0.161 e. The summed E-state index contributed by atoms with van der Waals surface area (Å²) in [6, 6.07) is 0. The van der Waals surface area contributed by atoms with Gasteiger partial charge in [0.2, 0.25) is 0 Å². The van der Waals surface area contributed by atoms with Crippen LogP contribution in [0.3, 0.4) is 0 Å². The Morgan fingerprint density at radius 1 is 1.33 bits per heavy atom. The third-order valence-electron chi connectivity index (χ3n) is 2.12. The first-order chi connectivity index (χ1) is 7.22. The fourth-order valence-electron chi connectivity index (χ4n) is 1.35. The van der Waals surface area contributed by atoms with Crippen molar-refractivity contribution in [3.8, 4) is 5.82 Å². The molecule has 3 N–H and O–H groups in total. The van der Waals surface area contributed by atoms with Crippen molar-refractivity contribution in [3.63, 3.8) is 0 Å². The van der Waals surface area contributed by atoms with Crippen LogP contribution in [0.2, 0.25) is 0 Å². The van der Waals surface area contributed by atoms with E-state index in [9.17, 15) is 0 Å². The van der Waals surface area contributed by atoms with Gasteiger partial charge in [0.1, 0.15) is 12.1 Å². The van der Waals surface area contributed by atoms with Crippen molar-refractivity contribution >= 4 is 5.82 Å². The minimum Gasteiger partial charge on any atom is -0.308 e. The summed E-state index contributed by atoms with van der Waals surface area (Å²) in [6.07, 6.45) is 5.13. The Labute approximate surface area is 87.1 Å². The predicted octanol–water partition coefficient (Wildman–Crippen LogP) is 0.565. The van der Waals surface area contributed by atoms with Crippen LogP contribution in [0.5, 0.6) is 0 Å². The zero-order chi connectivity index (χ0) is 10.8. The minimum atomic E-state index is 0.605. The van der Waals surface area contributed by atoms with Crippen molar-refractivity contribution in [2.24, 2.45) is 5.84 Å². The molecule has 0 aliphatic rings. The van der Waals surface area contributed by atoms with Gasteiger partial charge in [-0.1, -0.05) is 0 Å². The van der Waals surface area contributed by atoms with Gasteiger partial charge in [-0.05, 0) is 19.4 Å². The molecule has 0 saturated carbocycles. The Kier molecular flexibility index (Phi) is 2.34. The van der Waals surface area contributed by atoms with Gasteiger partial charge in [-0.2, -0.15) is 5.10 Å². The maximum absolute atomic E-state index is 5.33. The summed E-state index contributed by atoms with van der Waals surface area (Å²) in [7, 11) is 0. The number of nitrogen functional groups attached to an aromatic ring is 1. The van der Waals surface area contributed by atoms with Gasteiger partial charge < -0.3 is 5.43 Å². The molecule has 2 aromatic rings.